The molecule has 0 aliphatic rings. The molecule has 2 nitrogen and oxygen atoms in total. The maximum atomic E-state index is 11.5. The van der Waals surface area contributed by atoms with Crippen molar-refractivity contribution in [3.05, 3.63) is 47.2 Å². The van der Waals surface area contributed by atoms with Gasteiger partial charge in [0.15, 0.2) is 5.78 Å². The van der Waals surface area contributed by atoms with Gasteiger partial charge in [0, 0.05) is 37.0 Å². The van der Waals surface area contributed by atoms with Gasteiger partial charge in [0.1, 0.15) is 5.76 Å². The van der Waals surface area contributed by atoms with Crippen molar-refractivity contribution in [1.29, 1.82) is 0 Å². The molecule has 1 aromatic carbocycles. The number of aliphatic hydroxyl groups excluding tert-OH is 1. The molecule has 22 heavy (non-hydrogen) atoms. The zero-order valence-electron chi connectivity index (χ0n) is 15.0. The number of hydrogen-bond donors (Lipinski definition) is 1. The SMILES string of the molecule is CC(C)(C)C(=O)/C=C(\O)C(C)(C)C.Cc1[c-]ccc(C)c1.[Ir]. The van der Waals surface area contributed by atoms with Crippen LogP contribution in [0.25, 0.3) is 0 Å². The summed E-state index contributed by atoms with van der Waals surface area (Å²) in [6, 6.07) is 9.18. The molecule has 0 aliphatic carbocycles. The zero-order valence-corrected chi connectivity index (χ0v) is 17.4. The molecule has 0 aromatic heterocycles. The molecule has 1 radical (unpaired) electrons. The molecule has 0 saturated carbocycles. The molecule has 0 unspecified atom stereocenters. The molecule has 0 fully saturated rings. The number of ketones is 1. The number of rotatable bonds is 1. The Morgan fingerprint density at radius 2 is 1.59 bits per heavy atom. The van der Waals surface area contributed by atoms with Crippen LogP contribution in [-0.2, 0) is 24.9 Å². The van der Waals surface area contributed by atoms with Crippen molar-refractivity contribution in [2.75, 3.05) is 0 Å². The van der Waals surface area contributed by atoms with Gasteiger partial charge < -0.3 is 5.11 Å². The fraction of sp³-hybridized carbons (Fsp3) is 0.526. The van der Waals surface area contributed by atoms with Crippen LogP contribution in [0.1, 0.15) is 52.7 Å². The van der Waals surface area contributed by atoms with Crippen molar-refractivity contribution in [2.24, 2.45) is 10.8 Å². The van der Waals surface area contributed by atoms with E-state index in [2.05, 4.69) is 19.1 Å². The van der Waals surface area contributed by atoms with Crippen LogP contribution in [0.4, 0.5) is 0 Å². The van der Waals surface area contributed by atoms with E-state index in [1.54, 1.807) is 0 Å². The van der Waals surface area contributed by atoms with Crippen molar-refractivity contribution in [2.45, 2.75) is 55.4 Å². The number of aliphatic hydroxyl groups is 1. The van der Waals surface area contributed by atoms with Crippen LogP contribution in [0.5, 0.6) is 0 Å². The molecular weight excluding hydrogens is 452 g/mol. The summed E-state index contributed by atoms with van der Waals surface area (Å²) in [7, 11) is 0. The fourth-order valence-corrected chi connectivity index (χ4v) is 1.29. The molecule has 1 rings (SSSR count). The quantitative estimate of drug-likeness (QED) is 0.341. The first-order chi connectivity index (χ1) is 9.34. The summed E-state index contributed by atoms with van der Waals surface area (Å²) in [6.07, 6.45) is 1.33. The Morgan fingerprint density at radius 1 is 1.09 bits per heavy atom. The smallest absolute Gasteiger partial charge is 0.164 e. The van der Waals surface area contributed by atoms with Crippen molar-refractivity contribution in [3.63, 3.8) is 0 Å². The molecule has 0 spiro atoms. The average Bonchev–Trinajstić information content (AvgIpc) is 2.26. The summed E-state index contributed by atoms with van der Waals surface area (Å²) in [6.45, 7) is 15.2. The second-order valence-electron chi connectivity index (χ2n) is 7.44. The van der Waals surface area contributed by atoms with Gasteiger partial charge in [-0.3, -0.25) is 4.79 Å². The van der Waals surface area contributed by atoms with Gasteiger partial charge >= 0.3 is 0 Å². The summed E-state index contributed by atoms with van der Waals surface area (Å²) in [5, 5.41) is 9.56. The van der Waals surface area contributed by atoms with Crippen LogP contribution in [-0.4, -0.2) is 10.9 Å². The Hall–Kier alpha value is -0.921. The number of allylic oxidation sites excluding steroid dienone is 2. The largest absolute Gasteiger partial charge is 0.512 e. The van der Waals surface area contributed by atoms with E-state index >= 15 is 0 Å². The standard InChI is InChI=1S/C11H20O2.C8H9.Ir/c1-10(2,3)8(12)7-9(13)11(4,5)6;1-7-4-3-5-8(2)6-7;/h7,12H,1-6H3;3-4,6H,1-2H3;/q;-1;/b8-7-;;. The molecule has 1 aromatic rings. The fourth-order valence-electron chi connectivity index (χ4n) is 1.29. The molecule has 3 heteroatoms. The third-order valence-corrected chi connectivity index (χ3v) is 2.88. The Bertz CT molecular complexity index is 486. The Labute approximate surface area is 149 Å². The monoisotopic (exact) mass is 482 g/mol. The topological polar surface area (TPSA) is 37.3 Å². The Kier molecular flexibility index (Phi) is 9.84. The van der Waals surface area contributed by atoms with E-state index in [0.29, 0.717) is 0 Å². The van der Waals surface area contributed by atoms with Crippen LogP contribution >= 0.6 is 0 Å². The first-order valence-corrected chi connectivity index (χ1v) is 7.24. The van der Waals surface area contributed by atoms with E-state index in [9.17, 15) is 9.90 Å². The zero-order chi connectivity index (χ0) is 16.8. The van der Waals surface area contributed by atoms with Gasteiger partial charge in [0.25, 0.3) is 0 Å². The average molecular weight is 482 g/mol. The number of benzene rings is 1. The van der Waals surface area contributed by atoms with Gasteiger partial charge in [0.05, 0.1) is 0 Å². The number of aryl methyl sites for hydroxylation is 2. The second kappa shape index (κ2) is 9.27. The minimum atomic E-state index is -0.417. The number of carbonyl (C=O) groups is 1. The number of carbonyl (C=O) groups excluding carboxylic acids is 1. The van der Waals surface area contributed by atoms with Crippen molar-refractivity contribution in [3.8, 4) is 0 Å². The Balaban J connectivity index is 0. The summed E-state index contributed by atoms with van der Waals surface area (Å²) in [5.74, 6) is 0.104. The maximum absolute atomic E-state index is 11.5. The van der Waals surface area contributed by atoms with Crippen LogP contribution < -0.4 is 0 Å². The van der Waals surface area contributed by atoms with E-state index in [-0.39, 0.29) is 37.1 Å². The van der Waals surface area contributed by atoms with Crippen molar-refractivity contribution >= 4 is 5.78 Å². The van der Waals surface area contributed by atoms with Crippen molar-refractivity contribution < 1.29 is 30.0 Å². The van der Waals surface area contributed by atoms with E-state index < -0.39 is 5.41 Å². The summed E-state index contributed by atoms with van der Waals surface area (Å²) in [4.78, 5) is 11.5. The Morgan fingerprint density at radius 3 is 1.86 bits per heavy atom. The van der Waals surface area contributed by atoms with Gasteiger partial charge in [-0.1, -0.05) is 55.4 Å². The third kappa shape index (κ3) is 9.92. The van der Waals surface area contributed by atoms with E-state index in [1.165, 1.54) is 17.2 Å². The van der Waals surface area contributed by atoms with E-state index in [4.69, 9.17) is 0 Å². The third-order valence-electron chi connectivity index (χ3n) is 2.88. The molecular formula is C19H29IrO2-. The number of hydrogen-bond acceptors (Lipinski definition) is 2. The van der Waals surface area contributed by atoms with Gasteiger partial charge in [-0.2, -0.15) is 35.4 Å². The van der Waals surface area contributed by atoms with Crippen LogP contribution in [0, 0.1) is 30.7 Å². The molecule has 127 valence electrons. The van der Waals surface area contributed by atoms with Gasteiger partial charge in [-0.25, -0.2) is 0 Å². The van der Waals surface area contributed by atoms with E-state index in [1.807, 2.05) is 60.6 Å². The van der Waals surface area contributed by atoms with Crippen LogP contribution in [0.15, 0.2) is 30.0 Å². The summed E-state index contributed by atoms with van der Waals surface area (Å²) in [5.41, 5.74) is 1.76. The summed E-state index contributed by atoms with van der Waals surface area (Å²) < 4.78 is 0. The first-order valence-electron chi connectivity index (χ1n) is 7.24. The predicted molar refractivity (Wildman–Crippen MR) is 89.4 cm³/mol. The first kappa shape index (κ1) is 23.3. The van der Waals surface area contributed by atoms with Crippen molar-refractivity contribution in [1.82, 2.24) is 0 Å². The van der Waals surface area contributed by atoms with E-state index in [0.717, 1.165) is 0 Å². The molecule has 0 heterocycles. The molecule has 0 aliphatic heterocycles. The van der Waals surface area contributed by atoms with Gasteiger partial charge in [-0.15, -0.1) is 0 Å². The predicted octanol–water partition coefficient (Wildman–Crippen LogP) is 5.19. The van der Waals surface area contributed by atoms with Crippen LogP contribution in [0.2, 0.25) is 0 Å². The minimum absolute atomic E-state index is 0. The van der Waals surface area contributed by atoms with Gasteiger partial charge in [-0.05, 0) is 0 Å². The van der Waals surface area contributed by atoms with Gasteiger partial charge in [0.2, 0.25) is 0 Å². The maximum Gasteiger partial charge on any atom is 0.164 e. The van der Waals surface area contributed by atoms with Crippen LogP contribution in [0.3, 0.4) is 0 Å². The molecule has 0 atom stereocenters. The normalized spacial score (nSPS) is 11.9. The summed E-state index contributed by atoms with van der Waals surface area (Å²) >= 11 is 0. The second-order valence-corrected chi connectivity index (χ2v) is 7.44. The minimum Gasteiger partial charge on any atom is -0.512 e. The molecule has 1 N–H and O–H groups in total. The molecule has 0 saturated heterocycles. The molecule has 0 amide bonds. The molecule has 0 bridgehead atoms.